The van der Waals surface area contributed by atoms with E-state index in [9.17, 15) is 14.4 Å². The minimum absolute atomic E-state index is 0.0582. The van der Waals surface area contributed by atoms with E-state index < -0.39 is 0 Å². The van der Waals surface area contributed by atoms with Crippen LogP contribution in [0.4, 0.5) is 5.69 Å². The zero-order valence-corrected chi connectivity index (χ0v) is 15.0. The third-order valence-corrected chi connectivity index (χ3v) is 4.30. The van der Waals surface area contributed by atoms with Gasteiger partial charge in [0.25, 0.3) is 0 Å². The molecule has 0 radical (unpaired) electrons. The molecule has 1 heterocycles. The predicted molar refractivity (Wildman–Crippen MR) is 101 cm³/mol. The Labute approximate surface area is 152 Å². The first-order valence-electron chi connectivity index (χ1n) is 7.63. The number of carbonyl (C=O) groups excluding carboxylic acids is 2. The van der Waals surface area contributed by atoms with Gasteiger partial charge in [-0.1, -0.05) is 28.1 Å². The van der Waals surface area contributed by atoms with Gasteiger partial charge in [0.05, 0.1) is 5.52 Å². The maximum Gasteiger partial charge on any atom is 0.244 e. The summed E-state index contributed by atoms with van der Waals surface area (Å²) in [6, 6.07) is 13.6. The summed E-state index contributed by atoms with van der Waals surface area (Å²) in [5.41, 5.74) is 1.69. The lowest BCUT2D eigenvalue weighted by Gasteiger charge is -2.11. The van der Waals surface area contributed by atoms with Gasteiger partial charge >= 0.3 is 0 Å². The van der Waals surface area contributed by atoms with Crippen molar-refractivity contribution in [2.45, 2.75) is 13.5 Å². The van der Waals surface area contributed by atoms with E-state index in [1.165, 1.54) is 13.0 Å². The van der Waals surface area contributed by atoms with Crippen LogP contribution in [-0.4, -0.2) is 16.3 Å². The molecule has 6 heteroatoms. The highest BCUT2D eigenvalue weighted by atomic mass is 79.9. The molecule has 1 aromatic heterocycles. The van der Waals surface area contributed by atoms with Gasteiger partial charge in [-0.2, -0.15) is 0 Å². The average molecular weight is 399 g/mol. The number of halogens is 1. The fourth-order valence-electron chi connectivity index (χ4n) is 2.59. The van der Waals surface area contributed by atoms with Crippen LogP contribution in [0.15, 0.2) is 64.0 Å². The number of benzene rings is 2. The van der Waals surface area contributed by atoms with Gasteiger partial charge in [0.1, 0.15) is 6.54 Å². The summed E-state index contributed by atoms with van der Waals surface area (Å²) >= 11 is 3.35. The molecule has 1 amide bonds. The predicted octanol–water partition coefficient (Wildman–Crippen LogP) is 3.61. The number of ketones is 1. The van der Waals surface area contributed by atoms with Gasteiger partial charge in [-0.3, -0.25) is 14.4 Å². The number of fused-ring (bicyclic) bond motifs is 1. The van der Waals surface area contributed by atoms with Crippen LogP contribution in [0, 0.1) is 0 Å². The van der Waals surface area contributed by atoms with Crippen molar-refractivity contribution in [3.05, 3.63) is 75.0 Å². The highest BCUT2D eigenvalue weighted by Crippen LogP contribution is 2.17. The summed E-state index contributed by atoms with van der Waals surface area (Å²) in [4.78, 5) is 35.8. The van der Waals surface area contributed by atoms with E-state index in [1.807, 2.05) is 6.07 Å². The van der Waals surface area contributed by atoms with Crippen LogP contribution in [0.5, 0.6) is 0 Å². The lowest BCUT2D eigenvalue weighted by Crippen LogP contribution is -2.20. The normalized spacial score (nSPS) is 10.6. The Balaban J connectivity index is 1.85. The van der Waals surface area contributed by atoms with Crippen molar-refractivity contribution in [3.8, 4) is 0 Å². The third-order valence-electron chi connectivity index (χ3n) is 3.81. The molecule has 126 valence electrons. The Morgan fingerprint density at radius 2 is 1.92 bits per heavy atom. The molecule has 0 aliphatic carbocycles. The van der Waals surface area contributed by atoms with Crippen molar-refractivity contribution in [1.82, 2.24) is 4.57 Å². The Bertz CT molecular complexity index is 1040. The number of Topliss-reactive ketones (excluding diaryl/α,β-unsaturated/α-hetero) is 1. The van der Waals surface area contributed by atoms with Crippen LogP contribution in [0.2, 0.25) is 0 Å². The van der Waals surface area contributed by atoms with Crippen molar-refractivity contribution < 1.29 is 9.59 Å². The first kappa shape index (κ1) is 17.1. The molecule has 1 N–H and O–H groups in total. The van der Waals surface area contributed by atoms with E-state index in [4.69, 9.17) is 0 Å². The monoisotopic (exact) mass is 398 g/mol. The number of hydrogen-bond donors (Lipinski definition) is 1. The maximum absolute atomic E-state index is 12.4. The molecule has 0 aliphatic rings. The number of carbonyl (C=O) groups is 2. The molecule has 0 fully saturated rings. The number of nitrogens with one attached hydrogen (secondary N) is 1. The fraction of sp³-hybridized carbons (Fsp3) is 0.105. The van der Waals surface area contributed by atoms with Gasteiger partial charge in [0.2, 0.25) is 5.91 Å². The second-order valence-corrected chi connectivity index (χ2v) is 6.57. The van der Waals surface area contributed by atoms with Gasteiger partial charge in [-0.15, -0.1) is 0 Å². The van der Waals surface area contributed by atoms with E-state index in [-0.39, 0.29) is 23.7 Å². The number of hydrogen-bond acceptors (Lipinski definition) is 3. The first-order valence-corrected chi connectivity index (χ1v) is 8.43. The zero-order chi connectivity index (χ0) is 18.0. The molecule has 2 aromatic carbocycles. The number of aromatic nitrogens is 1. The molecular weight excluding hydrogens is 384 g/mol. The van der Waals surface area contributed by atoms with E-state index in [0.29, 0.717) is 22.2 Å². The number of anilines is 1. The first-order chi connectivity index (χ1) is 11.9. The molecule has 0 bridgehead atoms. The molecule has 0 saturated heterocycles. The average Bonchev–Trinajstić information content (AvgIpc) is 2.58. The minimum atomic E-state index is -0.242. The third kappa shape index (κ3) is 3.85. The maximum atomic E-state index is 12.4. The number of amides is 1. The summed E-state index contributed by atoms with van der Waals surface area (Å²) in [5.74, 6) is -0.304. The molecule has 0 spiro atoms. The van der Waals surface area contributed by atoms with Crippen molar-refractivity contribution >= 4 is 44.2 Å². The number of nitrogens with zero attached hydrogens (tertiary/aromatic N) is 1. The Morgan fingerprint density at radius 3 is 2.68 bits per heavy atom. The molecule has 3 rings (SSSR count). The van der Waals surface area contributed by atoms with Gasteiger partial charge in [-0.25, -0.2) is 0 Å². The van der Waals surface area contributed by atoms with E-state index in [1.54, 1.807) is 47.2 Å². The molecule has 5 nitrogen and oxygen atoms in total. The number of pyridine rings is 1. The Kier molecular flexibility index (Phi) is 4.81. The van der Waals surface area contributed by atoms with E-state index in [2.05, 4.69) is 21.2 Å². The van der Waals surface area contributed by atoms with Crippen LogP contribution in [0.25, 0.3) is 10.9 Å². The molecule has 0 atom stereocenters. The number of rotatable bonds is 4. The lowest BCUT2D eigenvalue weighted by molar-refractivity contribution is -0.116. The van der Waals surface area contributed by atoms with E-state index >= 15 is 0 Å². The fourth-order valence-corrected chi connectivity index (χ4v) is 2.95. The second-order valence-electron chi connectivity index (χ2n) is 5.65. The Morgan fingerprint density at radius 1 is 1.12 bits per heavy atom. The quantitative estimate of drug-likeness (QED) is 0.682. The summed E-state index contributed by atoms with van der Waals surface area (Å²) in [5, 5.41) is 3.32. The highest BCUT2D eigenvalue weighted by Gasteiger charge is 2.09. The van der Waals surface area contributed by atoms with Crippen LogP contribution in [0.1, 0.15) is 17.3 Å². The minimum Gasteiger partial charge on any atom is -0.338 e. The zero-order valence-electron chi connectivity index (χ0n) is 13.5. The highest BCUT2D eigenvalue weighted by molar-refractivity contribution is 9.10. The van der Waals surface area contributed by atoms with Crippen molar-refractivity contribution in [2.75, 3.05) is 5.32 Å². The Hall–Kier alpha value is -2.73. The molecule has 0 unspecified atom stereocenters. The van der Waals surface area contributed by atoms with Crippen LogP contribution in [0.3, 0.4) is 0 Å². The van der Waals surface area contributed by atoms with Crippen molar-refractivity contribution in [1.29, 1.82) is 0 Å². The largest absolute Gasteiger partial charge is 0.338 e. The summed E-state index contributed by atoms with van der Waals surface area (Å²) < 4.78 is 2.52. The lowest BCUT2D eigenvalue weighted by atomic mass is 10.1. The summed E-state index contributed by atoms with van der Waals surface area (Å²) in [6.07, 6.45) is 1.60. The van der Waals surface area contributed by atoms with Crippen LogP contribution >= 0.6 is 15.9 Å². The van der Waals surface area contributed by atoms with Crippen LogP contribution in [-0.2, 0) is 11.3 Å². The van der Waals surface area contributed by atoms with Gasteiger partial charge < -0.3 is 9.88 Å². The molecule has 25 heavy (non-hydrogen) atoms. The standard InChI is InChI=1S/C19H15BrN2O3/c1-12(23)13-3-2-4-15(9-13)21-19(25)11-22-8-7-18(24)16-10-14(20)5-6-17(16)22/h2-10H,11H2,1H3,(H,21,25). The second kappa shape index (κ2) is 7.03. The molecule has 0 saturated carbocycles. The van der Waals surface area contributed by atoms with Gasteiger partial charge in [-0.05, 0) is 37.3 Å². The van der Waals surface area contributed by atoms with Crippen molar-refractivity contribution in [3.63, 3.8) is 0 Å². The summed E-state index contributed by atoms with van der Waals surface area (Å²) in [7, 11) is 0. The van der Waals surface area contributed by atoms with Gasteiger partial charge in [0, 0.05) is 33.4 Å². The molecule has 0 aliphatic heterocycles. The SMILES string of the molecule is CC(=O)c1cccc(NC(=O)Cn2ccc(=O)c3cc(Br)ccc32)c1. The summed E-state index contributed by atoms with van der Waals surface area (Å²) in [6.45, 7) is 1.54. The smallest absolute Gasteiger partial charge is 0.244 e. The van der Waals surface area contributed by atoms with Gasteiger partial charge in [0.15, 0.2) is 11.2 Å². The topological polar surface area (TPSA) is 68.2 Å². The van der Waals surface area contributed by atoms with Crippen molar-refractivity contribution in [2.24, 2.45) is 0 Å². The molecule has 3 aromatic rings. The van der Waals surface area contributed by atoms with E-state index in [0.717, 1.165) is 4.47 Å². The molecular formula is C19H15BrN2O3. The van der Waals surface area contributed by atoms with Crippen LogP contribution < -0.4 is 10.7 Å².